The molecule has 2 saturated carbocycles. The van der Waals surface area contributed by atoms with Crippen LogP contribution >= 0.6 is 23.2 Å². The number of benzene rings is 3. The molecule has 3 fully saturated rings. The molecule has 41 heteroatoms. The zero-order valence-corrected chi connectivity index (χ0v) is 86.7. The number of carboxylic acid groups (broad SMARTS) is 1. The van der Waals surface area contributed by atoms with Crippen LogP contribution in [0.1, 0.15) is 281 Å². The first-order valence-corrected chi connectivity index (χ1v) is 51.1. The molecule has 1 heterocycles. The number of nitrogens with zero attached hydrogens (tertiary/aromatic N) is 1. The van der Waals surface area contributed by atoms with E-state index >= 15 is 4.79 Å². The zero-order chi connectivity index (χ0) is 106. The predicted molar refractivity (Wildman–Crippen MR) is 533 cm³/mol. The molecule has 2 aliphatic carbocycles. The Morgan fingerprint density at radius 3 is 1.13 bits per heavy atom. The lowest BCUT2D eigenvalue weighted by Crippen LogP contribution is -2.60. The quantitative estimate of drug-likeness (QED) is 0.0142. The maximum Gasteiger partial charge on any atom is 0.408 e. The van der Waals surface area contributed by atoms with Crippen LogP contribution in [0.5, 0.6) is 0 Å². The number of amides is 15. The summed E-state index contributed by atoms with van der Waals surface area (Å²) in [7, 11) is 0. The largest absolute Gasteiger partial charge is 0.480 e. The summed E-state index contributed by atoms with van der Waals surface area (Å²) in [4.78, 5) is 255. The van der Waals surface area contributed by atoms with Crippen LogP contribution < -0.4 is 74.4 Å². The summed E-state index contributed by atoms with van der Waals surface area (Å²) in [6, 6.07) is 3.75. The van der Waals surface area contributed by atoms with Gasteiger partial charge in [0.25, 0.3) is 0 Å². The number of halogens is 2. The van der Waals surface area contributed by atoms with Crippen molar-refractivity contribution >= 4 is 130 Å². The molecule has 143 heavy (non-hydrogen) atoms. The van der Waals surface area contributed by atoms with E-state index in [1.165, 1.54) is 25.7 Å². The number of aliphatic carboxylic acids is 1. The zero-order valence-electron chi connectivity index (χ0n) is 85.1. The molecule has 0 unspecified atom stereocenters. The number of ether oxygens (including phenoxy) is 5. The number of likely N-dealkylation sites (tertiary alicyclic amines) is 1. The first-order valence-electron chi connectivity index (χ1n) is 50.3. The van der Waals surface area contributed by atoms with Gasteiger partial charge in [-0.1, -0.05) is 158 Å². The van der Waals surface area contributed by atoms with Gasteiger partial charge in [0, 0.05) is 60.1 Å². The molecule has 0 radical (unpaired) electrons. The van der Waals surface area contributed by atoms with Gasteiger partial charge in [-0.15, -0.1) is 0 Å². The fourth-order valence-corrected chi connectivity index (χ4v) is 17.0. The molecule has 794 valence electrons. The number of carbonyl (C=O) groups excluding carboxylic acids is 17. The Balaban J connectivity index is 1.20. The minimum atomic E-state index is -1.59. The number of rotatable bonds is 57. The number of hydrogen-bond acceptors (Lipinski definition) is 23. The van der Waals surface area contributed by atoms with Crippen LogP contribution in [0.2, 0.25) is 10.0 Å². The molecule has 13 atom stereocenters. The molecule has 3 aromatic carbocycles. The Morgan fingerprint density at radius 2 is 0.720 bits per heavy atom. The first kappa shape index (κ1) is 120. The first-order chi connectivity index (χ1) is 67.7. The third-order valence-corrected chi connectivity index (χ3v) is 25.0. The van der Waals surface area contributed by atoms with Gasteiger partial charge in [-0.25, -0.2) is 19.2 Å². The second-order valence-corrected chi connectivity index (χ2v) is 40.7. The van der Waals surface area contributed by atoms with Crippen molar-refractivity contribution in [3.63, 3.8) is 0 Å². The number of nitrogens with one attached hydrogen (secondary N) is 14. The van der Waals surface area contributed by atoms with E-state index in [2.05, 4.69) is 74.4 Å². The van der Waals surface area contributed by atoms with Crippen molar-refractivity contribution in [1.82, 2.24) is 79.3 Å². The average molecular weight is 2040 g/mol. The van der Waals surface area contributed by atoms with E-state index in [0.717, 1.165) is 38.5 Å². The molecule has 0 spiro atoms. The molecular weight excluding hydrogens is 1890 g/mol. The second-order valence-electron chi connectivity index (χ2n) is 39.9. The van der Waals surface area contributed by atoms with Gasteiger partial charge in [-0.2, -0.15) is 0 Å². The molecule has 3 aliphatic rings. The Hall–Kier alpha value is -11.9. The number of alkyl carbamates (subject to hydrolysis) is 3. The highest BCUT2D eigenvalue weighted by molar-refractivity contribution is 6.31. The van der Waals surface area contributed by atoms with E-state index in [1.807, 2.05) is 0 Å². The summed E-state index contributed by atoms with van der Waals surface area (Å²) < 4.78 is 27.6. The second kappa shape index (κ2) is 61.9. The maximum absolute atomic E-state index is 15.1. The molecule has 0 bridgehead atoms. The van der Waals surface area contributed by atoms with Crippen LogP contribution in [-0.2, 0) is 115 Å². The van der Waals surface area contributed by atoms with Gasteiger partial charge in [-0.3, -0.25) is 67.1 Å². The number of esters is 2. The van der Waals surface area contributed by atoms with Gasteiger partial charge in [-0.05, 0) is 224 Å². The smallest absolute Gasteiger partial charge is 0.408 e. The highest BCUT2D eigenvalue weighted by atomic mass is 35.5. The van der Waals surface area contributed by atoms with E-state index < -0.39 is 198 Å². The van der Waals surface area contributed by atoms with E-state index in [9.17, 15) is 86.6 Å². The number of hydrogen-bond donors (Lipinski definition) is 15. The van der Waals surface area contributed by atoms with E-state index in [-0.39, 0.29) is 159 Å². The molecule has 15 amide bonds. The Labute approximate surface area is 849 Å². The van der Waals surface area contributed by atoms with Gasteiger partial charge in [0.1, 0.15) is 110 Å². The van der Waals surface area contributed by atoms with Crippen LogP contribution in [0, 0.1) is 23.7 Å². The van der Waals surface area contributed by atoms with E-state index in [0.29, 0.717) is 65.3 Å². The monoisotopic (exact) mass is 2040 g/mol. The maximum atomic E-state index is 15.1. The van der Waals surface area contributed by atoms with Crippen molar-refractivity contribution in [2.45, 2.75) is 380 Å². The van der Waals surface area contributed by atoms with Crippen molar-refractivity contribution in [2.24, 2.45) is 23.7 Å². The summed E-state index contributed by atoms with van der Waals surface area (Å²) in [5.41, 5.74) is 0.791. The van der Waals surface area contributed by atoms with Gasteiger partial charge in [0.05, 0.1) is 0 Å². The lowest BCUT2D eigenvalue weighted by molar-refractivity contribution is -0.152. The van der Waals surface area contributed by atoms with Gasteiger partial charge in [0.2, 0.25) is 70.9 Å². The molecule has 15 N–H and O–H groups in total. The van der Waals surface area contributed by atoms with Crippen LogP contribution in [-0.4, -0.2) is 233 Å². The third kappa shape index (κ3) is 45.3. The lowest BCUT2D eigenvalue weighted by atomic mass is 9.98. The SMILES string of the molecule is CC(C)C[C@H](NC(=O)[C@H](CC(C)C)NC(=O)[C@H](CCC(=O)OC1CCCCC1)NC(=O)[C@H](C)NC(=O)[C@H](Cc1ccccc1)NC(=O)[C@H](C)NC(=O)[C@H](CCCCNC(=O)OCc1ccccc1Cl)NC(=O)[C@H](CC(C)C)NC(=O)[C@H](CC(C)C)NC(=O)[C@H](CCC(=O)OC1CCCCC1)NC(=O)[C@@H]1CCCN1C(=O)[C@@H](C)NC(=O)OC(C)(C)C)C(=O)N[C@@H](CCCCNC(=O)OCc1ccccc1Cl)C(=O)O. The number of carbonyl (C=O) groups is 18. The fourth-order valence-electron chi connectivity index (χ4n) is 16.6. The third-order valence-electron chi connectivity index (χ3n) is 24.2. The molecule has 1 saturated heterocycles. The molecule has 1 aliphatic heterocycles. The summed E-state index contributed by atoms with van der Waals surface area (Å²) in [6.45, 7) is 23.3. The van der Waals surface area contributed by atoms with Crippen LogP contribution in [0.25, 0.3) is 0 Å². The minimum absolute atomic E-state index is 0.0159. The summed E-state index contributed by atoms with van der Waals surface area (Å²) in [5, 5.41) is 48.4. The molecule has 0 aromatic heterocycles. The van der Waals surface area contributed by atoms with E-state index in [4.69, 9.17) is 46.9 Å². The van der Waals surface area contributed by atoms with Gasteiger partial charge in [0.15, 0.2) is 0 Å². The Kier molecular flexibility index (Phi) is 51.9. The number of carboxylic acids is 1. The molecule has 39 nitrogen and oxygen atoms in total. The van der Waals surface area contributed by atoms with Crippen molar-refractivity contribution in [2.75, 3.05) is 19.6 Å². The molecule has 3 aromatic rings. The normalized spacial score (nSPS) is 16.4. The summed E-state index contributed by atoms with van der Waals surface area (Å²) in [6.07, 6.45) is 4.32. The lowest BCUT2D eigenvalue weighted by Gasteiger charge is -2.30. The minimum Gasteiger partial charge on any atom is -0.480 e. The number of unbranched alkanes of at least 4 members (excludes halogenated alkanes) is 2. The van der Waals surface area contributed by atoms with Crippen molar-refractivity contribution in [1.29, 1.82) is 0 Å². The topological polar surface area (TPSA) is 545 Å². The van der Waals surface area contributed by atoms with Crippen LogP contribution in [0.4, 0.5) is 14.4 Å². The Bertz CT molecular complexity index is 4700. The van der Waals surface area contributed by atoms with Crippen molar-refractivity contribution in [3.05, 3.63) is 106 Å². The average Bonchev–Trinajstić information content (AvgIpc) is 1.71. The van der Waals surface area contributed by atoms with Gasteiger partial charge < -0.3 is 108 Å². The summed E-state index contributed by atoms with van der Waals surface area (Å²) >= 11 is 12.5. The predicted octanol–water partition coefficient (Wildman–Crippen LogP) is 9.59. The molecular formula is C102H153Cl2N15O24. The van der Waals surface area contributed by atoms with Crippen molar-refractivity contribution < 1.29 is 115 Å². The highest BCUT2D eigenvalue weighted by Crippen LogP contribution is 2.27. The van der Waals surface area contributed by atoms with Crippen LogP contribution in [0.3, 0.4) is 0 Å². The summed E-state index contributed by atoms with van der Waals surface area (Å²) in [5.74, 6) is -14.1. The van der Waals surface area contributed by atoms with Crippen molar-refractivity contribution in [3.8, 4) is 0 Å². The standard InChI is InChI=1S/C102H153Cl2N15O24/c1-60(2)53-78(117-94(130)81(56-63(7)8)116-90(126)76(47-49-85(121)142-71-39-22-17-23-40-71)112-96(132)83-45-32-52-119(83)97(133)66(11)109-101(138)143-102(12,13)14)92(128)111-74(43-28-30-50-105-99(136)139-58-68-35-24-26-41-72(68)103)88(124)107-65(10)87(123)114-82(57-67-33-18-15-19-34-67)91(127)108-64(9)86(122)110-75(46-48-84(120)141-70-37-20-16-21-38-70)89(125)115-80(55-62(5)6)95(131)118-79(54-61(3)4)93(129)113-77(98(134)135)44-29-31-51-106-100(137)140-59-69-36-25-27-42-73(69)104/h15,18-19,24-27,33-36,41-42,60-66,70-71,74-83H,16-17,20-23,28-32,37-40,43-59H2,1-14H3,(H,105,136)(H,106,137)(H,107,124)(H,108,127)(H,109,138)(H,110,122)(H,111,128)(H,112,132)(H,113,129)(H,114,123)(H,115,125)(H,116,126)(H,117,130)(H,118,131)(H,134,135)/t64-,65-,66+,74-,75-,76-,77-,78-,79-,80-,81-,82-,83-/m0/s1. The van der Waals surface area contributed by atoms with Crippen LogP contribution in [0.15, 0.2) is 78.9 Å². The van der Waals surface area contributed by atoms with Gasteiger partial charge >= 0.3 is 36.2 Å². The fraction of sp³-hybridized carbons (Fsp3) is 0.647. The molecule has 6 rings (SSSR count). The Morgan fingerprint density at radius 1 is 0.371 bits per heavy atom. The van der Waals surface area contributed by atoms with E-state index in [1.54, 1.807) is 155 Å². The highest BCUT2D eigenvalue weighted by Gasteiger charge is 2.42.